The number of nitrogens with zero attached hydrogens (tertiary/aromatic N) is 5. The first-order valence-electron chi connectivity index (χ1n) is 6.55. The lowest BCUT2D eigenvalue weighted by molar-refractivity contribution is 0.0474. The third kappa shape index (κ3) is 2.53. The van der Waals surface area contributed by atoms with Crippen molar-refractivity contribution in [2.45, 2.75) is 18.9 Å². The quantitative estimate of drug-likeness (QED) is 0.848. The fourth-order valence-electron chi connectivity index (χ4n) is 2.36. The minimum atomic E-state index is -0.409. The number of aliphatic hydroxyl groups is 1. The molecule has 1 fully saturated rings. The van der Waals surface area contributed by atoms with E-state index in [1.165, 1.54) is 11.0 Å². The predicted octanol–water partition coefficient (Wildman–Crippen LogP) is 0.259. The molecule has 1 aliphatic heterocycles. The molecule has 0 aliphatic carbocycles. The van der Waals surface area contributed by atoms with Crippen LogP contribution in [0.4, 0.5) is 0 Å². The van der Waals surface area contributed by atoms with Crippen LogP contribution in [0.25, 0.3) is 5.69 Å². The maximum atomic E-state index is 12.3. The van der Waals surface area contributed by atoms with Gasteiger partial charge in [0.2, 0.25) is 0 Å². The zero-order chi connectivity index (χ0) is 13.9. The molecule has 0 radical (unpaired) electrons. The van der Waals surface area contributed by atoms with Crippen molar-refractivity contribution in [1.29, 1.82) is 0 Å². The van der Waals surface area contributed by atoms with Crippen LogP contribution < -0.4 is 0 Å². The summed E-state index contributed by atoms with van der Waals surface area (Å²) in [6.07, 6.45) is 2.70. The highest BCUT2D eigenvalue weighted by Crippen LogP contribution is 2.15. The van der Waals surface area contributed by atoms with Crippen molar-refractivity contribution in [1.82, 2.24) is 25.1 Å². The van der Waals surface area contributed by atoms with Gasteiger partial charge in [-0.1, -0.05) is 0 Å². The lowest BCUT2D eigenvalue weighted by Crippen LogP contribution is -2.42. The number of piperidine rings is 1. The van der Waals surface area contributed by atoms with Crippen molar-refractivity contribution in [3.63, 3.8) is 0 Å². The molecule has 7 heteroatoms. The molecule has 104 valence electrons. The van der Waals surface area contributed by atoms with E-state index in [-0.39, 0.29) is 5.91 Å². The van der Waals surface area contributed by atoms with Crippen LogP contribution in [-0.4, -0.2) is 55.3 Å². The molecule has 1 N–H and O–H groups in total. The Kier molecular flexibility index (Phi) is 3.42. The van der Waals surface area contributed by atoms with Gasteiger partial charge in [-0.3, -0.25) is 4.79 Å². The Morgan fingerprint density at radius 3 is 2.75 bits per heavy atom. The van der Waals surface area contributed by atoms with Gasteiger partial charge in [0.05, 0.1) is 11.8 Å². The number of hydrogen-bond donors (Lipinski definition) is 1. The smallest absolute Gasteiger partial charge is 0.253 e. The molecule has 1 aliphatic rings. The Morgan fingerprint density at radius 1 is 1.30 bits per heavy atom. The molecule has 3 rings (SSSR count). The van der Waals surface area contributed by atoms with Crippen LogP contribution in [0.1, 0.15) is 23.2 Å². The van der Waals surface area contributed by atoms with Crippen molar-refractivity contribution < 1.29 is 9.90 Å². The maximum Gasteiger partial charge on any atom is 0.253 e. The van der Waals surface area contributed by atoms with Gasteiger partial charge in [-0.15, -0.1) is 5.10 Å². The van der Waals surface area contributed by atoms with Gasteiger partial charge in [-0.2, -0.15) is 0 Å². The fraction of sp³-hybridized carbons (Fsp3) is 0.385. The number of rotatable bonds is 2. The molecule has 0 unspecified atom stereocenters. The summed E-state index contributed by atoms with van der Waals surface area (Å²) < 4.78 is 1.53. The van der Waals surface area contributed by atoms with Gasteiger partial charge in [0.1, 0.15) is 6.33 Å². The van der Waals surface area contributed by atoms with E-state index in [0.29, 0.717) is 18.7 Å². The molecule has 1 amide bonds. The predicted molar refractivity (Wildman–Crippen MR) is 70.3 cm³/mol. The fourth-order valence-corrected chi connectivity index (χ4v) is 2.36. The summed E-state index contributed by atoms with van der Waals surface area (Å²) in [7, 11) is 0. The molecule has 1 aromatic heterocycles. The SMILES string of the molecule is O=C(c1ccc(-n2cnnn2)cc1)N1CCC[C@H](O)C1. The summed E-state index contributed by atoms with van der Waals surface area (Å²) in [6.45, 7) is 1.11. The third-order valence-corrected chi connectivity index (χ3v) is 3.41. The number of aliphatic hydroxyl groups excluding tert-OH is 1. The highest BCUT2D eigenvalue weighted by atomic mass is 16.3. The van der Waals surface area contributed by atoms with E-state index >= 15 is 0 Å². The van der Waals surface area contributed by atoms with Gasteiger partial charge in [0, 0.05) is 18.7 Å². The number of tetrazole rings is 1. The largest absolute Gasteiger partial charge is 0.391 e. The van der Waals surface area contributed by atoms with Gasteiger partial charge in [-0.05, 0) is 47.5 Å². The number of benzene rings is 1. The van der Waals surface area contributed by atoms with E-state index in [4.69, 9.17) is 0 Å². The molecular formula is C13H15N5O2. The number of carbonyl (C=O) groups is 1. The topological polar surface area (TPSA) is 84.1 Å². The molecule has 7 nitrogen and oxygen atoms in total. The molecule has 0 saturated carbocycles. The van der Waals surface area contributed by atoms with E-state index in [1.54, 1.807) is 29.2 Å². The Bertz CT molecular complexity index is 581. The molecule has 2 aromatic rings. The van der Waals surface area contributed by atoms with Crippen LogP contribution in [-0.2, 0) is 0 Å². The van der Waals surface area contributed by atoms with E-state index in [1.807, 2.05) is 0 Å². The number of likely N-dealkylation sites (tertiary alicyclic amines) is 1. The van der Waals surface area contributed by atoms with Crippen LogP contribution in [0.5, 0.6) is 0 Å². The molecule has 20 heavy (non-hydrogen) atoms. The summed E-state index contributed by atoms with van der Waals surface area (Å²) >= 11 is 0. The molecule has 1 aromatic carbocycles. The number of aromatic nitrogens is 4. The molecule has 1 saturated heterocycles. The summed E-state index contributed by atoms with van der Waals surface area (Å²) in [5.41, 5.74) is 1.40. The lowest BCUT2D eigenvalue weighted by Gasteiger charge is -2.30. The van der Waals surface area contributed by atoms with Crippen LogP contribution in [0.2, 0.25) is 0 Å². The lowest BCUT2D eigenvalue weighted by atomic mass is 10.1. The van der Waals surface area contributed by atoms with E-state index in [2.05, 4.69) is 15.5 Å². The number of hydrogen-bond acceptors (Lipinski definition) is 5. The van der Waals surface area contributed by atoms with Crippen LogP contribution in [0.3, 0.4) is 0 Å². The van der Waals surface area contributed by atoms with Crippen LogP contribution >= 0.6 is 0 Å². The second-order valence-electron chi connectivity index (χ2n) is 4.85. The van der Waals surface area contributed by atoms with Crippen molar-refractivity contribution in [2.24, 2.45) is 0 Å². The number of carbonyl (C=O) groups excluding carboxylic acids is 1. The Hall–Kier alpha value is -2.28. The monoisotopic (exact) mass is 273 g/mol. The summed E-state index contributed by atoms with van der Waals surface area (Å²) in [5.74, 6) is -0.0491. The minimum absolute atomic E-state index is 0.0491. The summed E-state index contributed by atoms with van der Waals surface area (Å²) in [6, 6.07) is 7.09. The summed E-state index contributed by atoms with van der Waals surface area (Å²) in [5, 5.41) is 20.5. The number of amides is 1. The molecule has 2 heterocycles. The summed E-state index contributed by atoms with van der Waals surface area (Å²) in [4.78, 5) is 14.0. The average Bonchev–Trinajstić information content (AvgIpc) is 3.01. The molecule has 0 bridgehead atoms. The Labute approximate surface area is 115 Å². The highest BCUT2D eigenvalue weighted by molar-refractivity contribution is 5.94. The standard InChI is InChI=1S/C13H15N5O2/c19-12-2-1-7-17(8-12)13(20)10-3-5-11(6-4-10)18-9-14-15-16-18/h3-6,9,12,19H,1-2,7-8H2/t12-/m0/s1. The van der Waals surface area contributed by atoms with E-state index in [0.717, 1.165) is 18.5 Å². The first kappa shape index (κ1) is 12.7. The van der Waals surface area contributed by atoms with Gasteiger partial charge >= 0.3 is 0 Å². The van der Waals surface area contributed by atoms with Crippen molar-refractivity contribution in [3.05, 3.63) is 36.2 Å². The first-order chi connectivity index (χ1) is 9.74. The Balaban J connectivity index is 1.75. The normalized spacial score (nSPS) is 19.1. The van der Waals surface area contributed by atoms with E-state index < -0.39 is 6.10 Å². The highest BCUT2D eigenvalue weighted by Gasteiger charge is 2.22. The number of β-amino-alcohol motifs (C(OH)–C–C–N with tert-alkyl or cyclic N) is 1. The van der Waals surface area contributed by atoms with Crippen molar-refractivity contribution in [2.75, 3.05) is 13.1 Å². The molecule has 1 atom stereocenters. The second-order valence-corrected chi connectivity index (χ2v) is 4.85. The van der Waals surface area contributed by atoms with Gasteiger partial charge in [-0.25, -0.2) is 4.68 Å². The Morgan fingerprint density at radius 2 is 2.10 bits per heavy atom. The van der Waals surface area contributed by atoms with Gasteiger partial charge in [0.25, 0.3) is 5.91 Å². The minimum Gasteiger partial charge on any atom is -0.391 e. The van der Waals surface area contributed by atoms with Crippen molar-refractivity contribution >= 4 is 5.91 Å². The van der Waals surface area contributed by atoms with Crippen LogP contribution in [0.15, 0.2) is 30.6 Å². The average molecular weight is 273 g/mol. The van der Waals surface area contributed by atoms with E-state index in [9.17, 15) is 9.90 Å². The second kappa shape index (κ2) is 5.38. The van der Waals surface area contributed by atoms with Gasteiger partial charge < -0.3 is 10.0 Å². The van der Waals surface area contributed by atoms with Gasteiger partial charge in [0.15, 0.2) is 0 Å². The zero-order valence-electron chi connectivity index (χ0n) is 10.9. The zero-order valence-corrected chi connectivity index (χ0v) is 10.9. The molecule has 0 spiro atoms. The van der Waals surface area contributed by atoms with Crippen molar-refractivity contribution in [3.8, 4) is 5.69 Å². The third-order valence-electron chi connectivity index (χ3n) is 3.41. The van der Waals surface area contributed by atoms with Crippen LogP contribution in [0, 0.1) is 0 Å². The first-order valence-corrected chi connectivity index (χ1v) is 6.55. The molecular weight excluding hydrogens is 258 g/mol. The maximum absolute atomic E-state index is 12.3.